The summed E-state index contributed by atoms with van der Waals surface area (Å²) < 4.78 is 1.27. The molecule has 3 N–H and O–H groups in total. The van der Waals surface area contributed by atoms with E-state index in [1.54, 1.807) is 20.8 Å². The van der Waals surface area contributed by atoms with Gasteiger partial charge in [-0.25, -0.2) is 0 Å². The molecule has 0 bridgehead atoms. The van der Waals surface area contributed by atoms with Crippen LogP contribution in [0.2, 0.25) is 0 Å². The molecule has 0 aliphatic heterocycles. The van der Waals surface area contributed by atoms with Crippen molar-refractivity contribution in [3.63, 3.8) is 0 Å². The number of nitrogens with one attached hydrogen (secondary N) is 1. The smallest absolute Gasteiger partial charge is 0.227 e. The summed E-state index contributed by atoms with van der Waals surface area (Å²) in [4.78, 5) is 38.2. The number of carbonyl (C=O) groups is 3. The molecule has 0 aliphatic carbocycles. The molecule has 2 rings (SSSR count). The van der Waals surface area contributed by atoms with Gasteiger partial charge in [-0.05, 0) is 33.3 Å². The Morgan fingerprint density at radius 3 is 2.44 bits per heavy atom. The average molecular weight is 399 g/mol. The number of nitrogens with two attached hydrogens (primary N) is 1. The fourth-order valence-electron chi connectivity index (χ4n) is 2.37. The topological polar surface area (TPSA) is 119 Å². The third-order valence-electron chi connectivity index (χ3n) is 3.41. The second-order valence-electron chi connectivity index (χ2n) is 5.39. The lowest BCUT2D eigenvalue weighted by atomic mass is 10.0. The molecule has 0 aromatic carbocycles. The van der Waals surface area contributed by atoms with Gasteiger partial charge in [-0.1, -0.05) is 34.9 Å². The Labute approximate surface area is 157 Å². The number of primary amides is 1. The van der Waals surface area contributed by atoms with Crippen molar-refractivity contribution >= 4 is 52.3 Å². The molecule has 2 heterocycles. The predicted octanol–water partition coefficient (Wildman–Crippen LogP) is 2.63. The zero-order valence-electron chi connectivity index (χ0n) is 14.2. The highest BCUT2D eigenvalue weighted by Crippen LogP contribution is 2.32. The summed E-state index contributed by atoms with van der Waals surface area (Å²) >= 11 is 3.83. The second kappa shape index (κ2) is 8.15. The van der Waals surface area contributed by atoms with E-state index in [9.17, 15) is 14.4 Å². The number of ketones is 2. The standard InChI is InChI=1S/C15H18N4O3S3/c1-6-11(8(3)20)7(2)17-12(6)13(22)9(4)24-15-19-18-14(25-15)23-5-10(16)21/h9,17H,5H2,1-4H3,(H2,16,21)/t9-/m0/s1. The molecular formula is C15H18N4O3S3. The van der Waals surface area contributed by atoms with Crippen LogP contribution in [0.4, 0.5) is 0 Å². The van der Waals surface area contributed by atoms with Crippen LogP contribution in [0.15, 0.2) is 8.68 Å². The van der Waals surface area contributed by atoms with Crippen molar-refractivity contribution in [2.24, 2.45) is 5.73 Å². The maximum Gasteiger partial charge on any atom is 0.227 e. The second-order valence-corrected chi connectivity index (χ2v) is 9.18. The van der Waals surface area contributed by atoms with Gasteiger partial charge in [-0.15, -0.1) is 10.2 Å². The molecule has 134 valence electrons. The fraction of sp³-hybridized carbons (Fsp3) is 0.400. The summed E-state index contributed by atoms with van der Waals surface area (Å²) in [5.41, 5.74) is 7.50. The van der Waals surface area contributed by atoms with Crippen LogP contribution in [0.25, 0.3) is 0 Å². The number of Topliss-reactive ketones (excluding diaryl/α,β-unsaturated/α-hetero) is 2. The van der Waals surface area contributed by atoms with Crippen molar-refractivity contribution in [2.75, 3.05) is 5.75 Å². The van der Waals surface area contributed by atoms with Crippen molar-refractivity contribution in [3.8, 4) is 0 Å². The van der Waals surface area contributed by atoms with E-state index in [0.717, 1.165) is 0 Å². The van der Waals surface area contributed by atoms with Crippen molar-refractivity contribution in [2.45, 2.75) is 41.6 Å². The van der Waals surface area contributed by atoms with Crippen LogP contribution < -0.4 is 5.73 Å². The van der Waals surface area contributed by atoms with E-state index in [2.05, 4.69) is 15.2 Å². The number of aryl methyl sites for hydroxylation is 1. The van der Waals surface area contributed by atoms with Crippen LogP contribution in [0, 0.1) is 13.8 Å². The van der Waals surface area contributed by atoms with Gasteiger partial charge in [-0.3, -0.25) is 14.4 Å². The highest BCUT2D eigenvalue weighted by Gasteiger charge is 2.25. The molecular weight excluding hydrogens is 380 g/mol. The summed E-state index contributed by atoms with van der Waals surface area (Å²) in [6, 6.07) is 0. The zero-order valence-corrected chi connectivity index (χ0v) is 16.7. The first-order chi connectivity index (χ1) is 11.7. The SMILES string of the molecule is CC(=O)c1c(C)[nH]c(C(=O)[C@H](C)Sc2nnc(SCC(N)=O)s2)c1C. The molecule has 0 radical (unpaired) electrons. The average Bonchev–Trinajstić information content (AvgIpc) is 3.08. The number of thioether (sulfide) groups is 2. The van der Waals surface area contributed by atoms with Crippen molar-refractivity contribution < 1.29 is 14.4 Å². The number of amides is 1. The minimum absolute atomic E-state index is 0.0640. The summed E-state index contributed by atoms with van der Waals surface area (Å²) in [5.74, 6) is -0.440. The normalized spacial score (nSPS) is 12.2. The first-order valence-electron chi connectivity index (χ1n) is 7.36. The monoisotopic (exact) mass is 398 g/mol. The van der Waals surface area contributed by atoms with E-state index >= 15 is 0 Å². The molecule has 10 heteroatoms. The number of hydrogen-bond acceptors (Lipinski definition) is 8. The molecule has 2 aromatic heterocycles. The van der Waals surface area contributed by atoms with Crippen molar-refractivity contribution in [3.05, 3.63) is 22.5 Å². The summed E-state index contributed by atoms with van der Waals surface area (Å²) in [5, 5.41) is 7.61. The summed E-state index contributed by atoms with van der Waals surface area (Å²) in [6.07, 6.45) is 0. The van der Waals surface area contributed by atoms with Gasteiger partial charge in [0.15, 0.2) is 20.2 Å². The van der Waals surface area contributed by atoms with Crippen LogP contribution in [-0.4, -0.2) is 43.7 Å². The van der Waals surface area contributed by atoms with E-state index in [-0.39, 0.29) is 17.3 Å². The number of rotatable bonds is 8. The van der Waals surface area contributed by atoms with Crippen LogP contribution >= 0.6 is 34.9 Å². The van der Waals surface area contributed by atoms with Crippen molar-refractivity contribution in [1.82, 2.24) is 15.2 Å². The van der Waals surface area contributed by atoms with Gasteiger partial charge in [0, 0.05) is 11.3 Å². The van der Waals surface area contributed by atoms with Gasteiger partial charge in [0.05, 0.1) is 16.7 Å². The molecule has 0 saturated heterocycles. The quantitative estimate of drug-likeness (QED) is 0.518. The summed E-state index contributed by atoms with van der Waals surface area (Å²) in [7, 11) is 0. The molecule has 2 aromatic rings. The number of aromatic nitrogens is 3. The minimum atomic E-state index is -0.420. The Kier molecular flexibility index (Phi) is 6.42. The molecule has 0 saturated carbocycles. The van der Waals surface area contributed by atoms with E-state index in [4.69, 9.17) is 5.73 Å². The van der Waals surface area contributed by atoms with Gasteiger partial charge in [0.1, 0.15) is 0 Å². The Morgan fingerprint density at radius 1 is 1.24 bits per heavy atom. The van der Waals surface area contributed by atoms with Crippen molar-refractivity contribution in [1.29, 1.82) is 0 Å². The number of aromatic amines is 1. The Morgan fingerprint density at radius 2 is 1.88 bits per heavy atom. The van der Waals surface area contributed by atoms with Crippen LogP contribution in [0.5, 0.6) is 0 Å². The van der Waals surface area contributed by atoms with Crippen LogP contribution in [0.1, 0.15) is 46.0 Å². The lowest BCUT2D eigenvalue weighted by molar-refractivity contribution is -0.115. The molecule has 0 unspecified atom stereocenters. The third kappa shape index (κ3) is 4.71. The van der Waals surface area contributed by atoms with Gasteiger partial charge >= 0.3 is 0 Å². The molecule has 7 nitrogen and oxygen atoms in total. The Balaban J connectivity index is 2.10. The zero-order chi connectivity index (χ0) is 18.7. The molecule has 1 atom stereocenters. The maximum atomic E-state index is 12.7. The van der Waals surface area contributed by atoms with E-state index in [0.29, 0.717) is 31.2 Å². The van der Waals surface area contributed by atoms with Gasteiger partial charge < -0.3 is 10.7 Å². The number of nitrogens with zero attached hydrogens (tertiary/aromatic N) is 2. The third-order valence-corrected chi connectivity index (χ3v) is 6.67. The van der Waals surface area contributed by atoms with E-state index < -0.39 is 11.2 Å². The fourth-order valence-corrected chi connectivity index (χ4v) is 5.33. The highest BCUT2D eigenvalue weighted by molar-refractivity contribution is 8.04. The molecule has 1 amide bonds. The summed E-state index contributed by atoms with van der Waals surface area (Å²) in [6.45, 7) is 6.83. The maximum absolute atomic E-state index is 12.7. The van der Waals surface area contributed by atoms with Gasteiger partial charge in [0.2, 0.25) is 5.91 Å². The molecule has 25 heavy (non-hydrogen) atoms. The van der Waals surface area contributed by atoms with Gasteiger partial charge in [0.25, 0.3) is 0 Å². The number of H-pyrrole nitrogens is 1. The number of hydrogen-bond donors (Lipinski definition) is 2. The largest absolute Gasteiger partial charge is 0.369 e. The molecule has 0 aliphatic rings. The predicted molar refractivity (Wildman–Crippen MR) is 99.7 cm³/mol. The minimum Gasteiger partial charge on any atom is -0.369 e. The first kappa shape index (κ1) is 19.7. The molecule has 0 fully saturated rings. The Hall–Kier alpha value is -1.65. The van der Waals surface area contributed by atoms with E-state index in [1.165, 1.54) is 41.8 Å². The van der Waals surface area contributed by atoms with Crippen LogP contribution in [0.3, 0.4) is 0 Å². The highest BCUT2D eigenvalue weighted by atomic mass is 32.2. The van der Waals surface area contributed by atoms with Crippen LogP contribution in [-0.2, 0) is 4.79 Å². The number of carbonyl (C=O) groups excluding carboxylic acids is 3. The lowest BCUT2D eigenvalue weighted by Gasteiger charge is -2.07. The Bertz CT molecular complexity index is 828. The first-order valence-corrected chi connectivity index (χ1v) is 10.0. The van der Waals surface area contributed by atoms with E-state index in [1.807, 2.05) is 0 Å². The lowest BCUT2D eigenvalue weighted by Crippen LogP contribution is -2.15. The van der Waals surface area contributed by atoms with Gasteiger partial charge in [-0.2, -0.15) is 0 Å². The molecule has 0 spiro atoms.